The molecule has 2 saturated carbocycles. The number of rotatable bonds is 13. The predicted octanol–water partition coefficient (Wildman–Crippen LogP) is 7.13. The zero-order valence-corrected chi connectivity index (χ0v) is 20.5. The summed E-state index contributed by atoms with van der Waals surface area (Å²) in [4.78, 5) is 24.7. The summed E-state index contributed by atoms with van der Waals surface area (Å²) >= 11 is 0. The van der Waals surface area contributed by atoms with Crippen molar-refractivity contribution < 1.29 is 19.1 Å². The highest BCUT2D eigenvalue weighted by atomic mass is 16.6. The van der Waals surface area contributed by atoms with Crippen molar-refractivity contribution in [3.63, 3.8) is 0 Å². The molecule has 0 aromatic heterocycles. The average Bonchev–Trinajstić information content (AvgIpc) is 3.49. The van der Waals surface area contributed by atoms with Crippen molar-refractivity contribution in [1.29, 1.82) is 0 Å². The van der Waals surface area contributed by atoms with Crippen molar-refractivity contribution in [2.45, 2.75) is 143 Å². The summed E-state index contributed by atoms with van der Waals surface area (Å²) in [6.07, 6.45) is 15.8. The zero-order valence-electron chi connectivity index (χ0n) is 20.5. The monoisotopic (exact) mass is 422 g/mol. The molecule has 0 aromatic rings. The third-order valence-electron chi connectivity index (χ3n) is 6.43. The third kappa shape index (κ3) is 8.59. The standard InChI is InChI=1S/C26H46O4/c1-23(2,3)29-21(27)25(17-18-25)15-13-11-9-7-8-10-12-14-16-26(19-20-26)22(28)30-24(4,5)6/h7-20H2,1-6H3. The van der Waals surface area contributed by atoms with Crippen LogP contribution in [0.5, 0.6) is 0 Å². The van der Waals surface area contributed by atoms with Crippen molar-refractivity contribution in [3.8, 4) is 0 Å². The number of hydrogen-bond donors (Lipinski definition) is 0. The van der Waals surface area contributed by atoms with E-state index in [1.54, 1.807) is 0 Å². The van der Waals surface area contributed by atoms with Crippen LogP contribution in [0.15, 0.2) is 0 Å². The van der Waals surface area contributed by atoms with Crippen molar-refractivity contribution in [2.75, 3.05) is 0 Å². The van der Waals surface area contributed by atoms with Crippen LogP contribution in [0.3, 0.4) is 0 Å². The molecule has 4 nitrogen and oxygen atoms in total. The van der Waals surface area contributed by atoms with E-state index >= 15 is 0 Å². The minimum absolute atomic E-state index is 0.0230. The van der Waals surface area contributed by atoms with E-state index < -0.39 is 0 Å². The third-order valence-corrected chi connectivity index (χ3v) is 6.43. The van der Waals surface area contributed by atoms with E-state index in [2.05, 4.69) is 0 Å². The number of unbranched alkanes of at least 4 members (excludes halogenated alkanes) is 7. The van der Waals surface area contributed by atoms with E-state index in [1.165, 1.54) is 38.5 Å². The van der Waals surface area contributed by atoms with E-state index in [1.807, 2.05) is 41.5 Å². The van der Waals surface area contributed by atoms with Crippen LogP contribution >= 0.6 is 0 Å². The molecule has 2 aliphatic carbocycles. The zero-order chi connectivity index (χ0) is 22.5. The number of esters is 2. The van der Waals surface area contributed by atoms with Crippen LogP contribution in [-0.4, -0.2) is 23.1 Å². The lowest BCUT2D eigenvalue weighted by Gasteiger charge is -2.23. The maximum atomic E-state index is 12.3. The Kier molecular flexibility index (Phi) is 8.43. The highest BCUT2D eigenvalue weighted by Gasteiger charge is 2.52. The Morgan fingerprint density at radius 3 is 1.07 bits per heavy atom. The Hall–Kier alpha value is -1.06. The topological polar surface area (TPSA) is 52.6 Å². The fraction of sp³-hybridized carbons (Fsp3) is 0.923. The molecule has 0 N–H and O–H groups in total. The van der Waals surface area contributed by atoms with Crippen LogP contribution in [0.2, 0.25) is 0 Å². The summed E-state index contributed by atoms with van der Waals surface area (Å²) in [7, 11) is 0. The molecule has 0 saturated heterocycles. The fourth-order valence-corrected chi connectivity index (χ4v) is 4.17. The maximum absolute atomic E-state index is 12.3. The Morgan fingerprint density at radius 2 is 0.833 bits per heavy atom. The van der Waals surface area contributed by atoms with Crippen LogP contribution in [0.25, 0.3) is 0 Å². The summed E-state index contributed by atoms with van der Waals surface area (Å²) in [5, 5.41) is 0. The second kappa shape index (κ2) is 10.0. The highest BCUT2D eigenvalue weighted by molar-refractivity contribution is 5.80. The second-order valence-corrected chi connectivity index (χ2v) is 11.9. The Labute approximate surface area is 184 Å². The molecule has 0 spiro atoms. The van der Waals surface area contributed by atoms with Gasteiger partial charge in [-0.1, -0.05) is 51.4 Å². The molecule has 30 heavy (non-hydrogen) atoms. The van der Waals surface area contributed by atoms with E-state index in [0.29, 0.717) is 0 Å². The molecular weight excluding hydrogens is 376 g/mol. The lowest BCUT2D eigenvalue weighted by molar-refractivity contribution is -0.163. The molecule has 2 fully saturated rings. The van der Waals surface area contributed by atoms with Gasteiger partial charge in [0.2, 0.25) is 0 Å². The van der Waals surface area contributed by atoms with Crippen molar-refractivity contribution in [1.82, 2.24) is 0 Å². The van der Waals surface area contributed by atoms with Gasteiger partial charge in [-0.15, -0.1) is 0 Å². The largest absolute Gasteiger partial charge is 0.460 e. The van der Waals surface area contributed by atoms with Crippen LogP contribution in [0, 0.1) is 10.8 Å². The van der Waals surface area contributed by atoms with Crippen LogP contribution < -0.4 is 0 Å². The van der Waals surface area contributed by atoms with Gasteiger partial charge in [0.05, 0.1) is 10.8 Å². The first-order valence-corrected chi connectivity index (χ1v) is 12.3. The minimum Gasteiger partial charge on any atom is -0.460 e. The Morgan fingerprint density at radius 1 is 0.567 bits per heavy atom. The smallest absolute Gasteiger partial charge is 0.312 e. The summed E-state index contributed by atoms with van der Waals surface area (Å²) in [6, 6.07) is 0. The number of hydrogen-bond acceptors (Lipinski definition) is 4. The van der Waals surface area contributed by atoms with Crippen LogP contribution in [-0.2, 0) is 19.1 Å². The summed E-state index contributed by atoms with van der Waals surface area (Å²) in [6.45, 7) is 11.7. The summed E-state index contributed by atoms with van der Waals surface area (Å²) in [5.74, 6) is 0.0460. The number of carbonyl (C=O) groups excluding carboxylic acids is 2. The van der Waals surface area contributed by atoms with Crippen molar-refractivity contribution in [2.24, 2.45) is 10.8 Å². The van der Waals surface area contributed by atoms with Crippen molar-refractivity contribution >= 4 is 11.9 Å². The molecule has 0 radical (unpaired) electrons. The predicted molar refractivity (Wildman–Crippen MR) is 121 cm³/mol. The van der Waals surface area contributed by atoms with Gasteiger partial charge >= 0.3 is 11.9 Å². The Bertz CT molecular complexity index is 519. The molecule has 4 heteroatoms. The highest BCUT2D eigenvalue weighted by Crippen LogP contribution is 2.52. The van der Waals surface area contributed by atoms with E-state index in [-0.39, 0.29) is 34.0 Å². The molecule has 0 bridgehead atoms. The number of carbonyl (C=O) groups is 2. The molecule has 0 aliphatic heterocycles. The minimum atomic E-state index is -0.376. The molecular formula is C26H46O4. The van der Waals surface area contributed by atoms with Gasteiger partial charge in [-0.3, -0.25) is 9.59 Å². The molecule has 2 aliphatic rings. The van der Waals surface area contributed by atoms with Crippen LogP contribution in [0.4, 0.5) is 0 Å². The quantitative estimate of drug-likeness (QED) is 0.234. The molecule has 0 atom stereocenters. The van der Waals surface area contributed by atoms with Gasteiger partial charge < -0.3 is 9.47 Å². The molecule has 0 amide bonds. The molecule has 0 unspecified atom stereocenters. The maximum Gasteiger partial charge on any atom is 0.312 e. The normalized spacial score (nSPS) is 19.3. The van der Waals surface area contributed by atoms with Gasteiger partial charge in [-0.05, 0) is 80.1 Å². The van der Waals surface area contributed by atoms with Gasteiger partial charge in [-0.2, -0.15) is 0 Å². The first-order valence-electron chi connectivity index (χ1n) is 12.3. The summed E-state index contributed by atoms with van der Waals surface area (Å²) in [5.41, 5.74) is -1.06. The number of ether oxygens (including phenoxy) is 2. The van der Waals surface area contributed by atoms with Gasteiger partial charge in [0.1, 0.15) is 11.2 Å². The first-order chi connectivity index (χ1) is 13.9. The molecule has 174 valence electrons. The Balaban J connectivity index is 1.46. The van der Waals surface area contributed by atoms with E-state index in [0.717, 1.165) is 51.4 Å². The van der Waals surface area contributed by atoms with Crippen molar-refractivity contribution in [3.05, 3.63) is 0 Å². The molecule has 0 aromatic carbocycles. The lowest BCUT2D eigenvalue weighted by Crippen LogP contribution is -2.29. The van der Waals surface area contributed by atoms with Crippen LogP contribution in [0.1, 0.15) is 131 Å². The SMILES string of the molecule is CC(C)(C)OC(=O)C1(CCCCCCCCCCC2(C(=O)OC(C)(C)C)CC2)CC1. The van der Waals surface area contributed by atoms with Gasteiger partial charge in [0, 0.05) is 0 Å². The van der Waals surface area contributed by atoms with E-state index in [9.17, 15) is 9.59 Å². The first kappa shape index (κ1) is 25.2. The van der Waals surface area contributed by atoms with Gasteiger partial charge in [0.25, 0.3) is 0 Å². The molecule has 2 rings (SSSR count). The lowest BCUT2D eigenvalue weighted by atomic mass is 9.96. The average molecular weight is 423 g/mol. The summed E-state index contributed by atoms with van der Waals surface area (Å²) < 4.78 is 11.2. The van der Waals surface area contributed by atoms with E-state index in [4.69, 9.17) is 9.47 Å². The second-order valence-electron chi connectivity index (χ2n) is 11.9. The van der Waals surface area contributed by atoms with Gasteiger partial charge in [-0.25, -0.2) is 0 Å². The fourth-order valence-electron chi connectivity index (χ4n) is 4.17. The molecule has 0 heterocycles. The van der Waals surface area contributed by atoms with Gasteiger partial charge in [0.15, 0.2) is 0 Å².